The van der Waals surface area contributed by atoms with Gasteiger partial charge in [-0.25, -0.2) is 0 Å². The second kappa shape index (κ2) is 3.05. The van der Waals surface area contributed by atoms with Crippen LogP contribution in [0, 0.1) is 0 Å². The molecule has 1 aromatic heterocycles. The molecule has 0 aliphatic carbocycles. The SMILES string of the molecule is CN1CC=C(Cl)c2sc(Br)cc21. The van der Waals surface area contributed by atoms with Crippen LogP contribution in [0.2, 0.25) is 0 Å². The summed E-state index contributed by atoms with van der Waals surface area (Å²) in [5, 5.41) is 0.874. The molecule has 2 rings (SSSR count). The van der Waals surface area contributed by atoms with Crippen molar-refractivity contribution in [2.45, 2.75) is 0 Å². The maximum absolute atomic E-state index is 6.05. The lowest BCUT2D eigenvalue weighted by molar-refractivity contribution is 1.02. The molecule has 1 aromatic rings. The van der Waals surface area contributed by atoms with Crippen LogP contribution in [0.25, 0.3) is 5.03 Å². The molecule has 0 radical (unpaired) electrons. The molecule has 12 heavy (non-hydrogen) atoms. The fraction of sp³-hybridized carbons (Fsp3) is 0.250. The van der Waals surface area contributed by atoms with Crippen LogP contribution >= 0.6 is 38.9 Å². The molecular weight excluding hydrogens is 258 g/mol. The van der Waals surface area contributed by atoms with Gasteiger partial charge in [-0.2, -0.15) is 0 Å². The predicted molar refractivity (Wildman–Crippen MR) is 59.1 cm³/mol. The van der Waals surface area contributed by atoms with Crippen LogP contribution in [-0.4, -0.2) is 13.6 Å². The number of thiophene rings is 1. The highest BCUT2D eigenvalue weighted by atomic mass is 79.9. The van der Waals surface area contributed by atoms with E-state index >= 15 is 0 Å². The van der Waals surface area contributed by atoms with Crippen LogP contribution in [0.3, 0.4) is 0 Å². The van der Waals surface area contributed by atoms with Gasteiger partial charge < -0.3 is 4.90 Å². The topological polar surface area (TPSA) is 3.24 Å². The molecule has 0 fully saturated rings. The van der Waals surface area contributed by atoms with Crippen molar-refractivity contribution in [3.05, 3.63) is 20.8 Å². The minimum Gasteiger partial charge on any atom is -0.370 e. The first kappa shape index (κ1) is 8.60. The normalized spacial score (nSPS) is 15.9. The van der Waals surface area contributed by atoms with Crippen LogP contribution in [0.1, 0.15) is 4.88 Å². The fourth-order valence-corrected chi connectivity index (χ4v) is 3.06. The van der Waals surface area contributed by atoms with Crippen molar-refractivity contribution < 1.29 is 0 Å². The summed E-state index contributed by atoms with van der Waals surface area (Å²) >= 11 is 11.2. The first-order valence-corrected chi connectivity index (χ1v) is 5.53. The average molecular weight is 265 g/mol. The molecule has 4 heteroatoms. The van der Waals surface area contributed by atoms with Crippen LogP contribution in [0.15, 0.2) is 15.9 Å². The molecule has 1 aliphatic heterocycles. The molecule has 0 spiro atoms. The highest BCUT2D eigenvalue weighted by molar-refractivity contribution is 9.11. The Bertz CT molecular complexity index is 345. The van der Waals surface area contributed by atoms with Gasteiger partial charge in [0, 0.05) is 13.6 Å². The largest absolute Gasteiger partial charge is 0.370 e. The minimum atomic E-state index is 0.874. The van der Waals surface area contributed by atoms with E-state index in [1.165, 1.54) is 5.69 Å². The van der Waals surface area contributed by atoms with Crippen molar-refractivity contribution in [2.75, 3.05) is 18.5 Å². The highest BCUT2D eigenvalue weighted by Crippen LogP contribution is 2.41. The number of rotatable bonds is 0. The molecule has 0 bridgehead atoms. The van der Waals surface area contributed by atoms with E-state index in [0.29, 0.717) is 0 Å². The molecule has 0 N–H and O–H groups in total. The number of halogens is 2. The second-order valence-corrected chi connectivity index (χ2v) is 5.54. The smallest absolute Gasteiger partial charge is 0.0726 e. The number of fused-ring (bicyclic) bond motifs is 1. The van der Waals surface area contributed by atoms with Gasteiger partial charge in [0.25, 0.3) is 0 Å². The Morgan fingerprint density at radius 2 is 2.42 bits per heavy atom. The van der Waals surface area contributed by atoms with Crippen molar-refractivity contribution >= 4 is 49.6 Å². The zero-order valence-corrected chi connectivity index (χ0v) is 9.63. The summed E-state index contributed by atoms with van der Waals surface area (Å²) in [6.07, 6.45) is 2.03. The first-order valence-electron chi connectivity index (χ1n) is 3.55. The number of nitrogens with zero attached hydrogens (tertiary/aromatic N) is 1. The Balaban J connectivity index is 2.57. The van der Waals surface area contributed by atoms with Crippen LogP contribution in [-0.2, 0) is 0 Å². The molecule has 0 aromatic carbocycles. The molecule has 64 valence electrons. The first-order chi connectivity index (χ1) is 5.68. The third-order valence-corrected chi connectivity index (χ3v) is 3.97. The molecule has 0 amide bonds. The molecule has 2 heterocycles. The van der Waals surface area contributed by atoms with E-state index in [0.717, 1.165) is 20.2 Å². The average Bonchev–Trinajstić information content (AvgIpc) is 2.41. The standard InChI is InChI=1S/C8H7BrClNS/c1-11-3-2-5(10)8-6(11)4-7(9)12-8/h2,4H,3H2,1H3. The molecule has 0 saturated carbocycles. The maximum Gasteiger partial charge on any atom is 0.0726 e. The zero-order valence-electron chi connectivity index (χ0n) is 6.47. The van der Waals surface area contributed by atoms with Gasteiger partial charge >= 0.3 is 0 Å². The third-order valence-electron chi connectivity index (χ3n) is 1.85. The number of likely N-dealkylation sites (N-methyl/N-ethyl adjacent to an activating group) is 1. The summed E-state index contributed by atoms with van der Waals surface area (Å²) in [5.74, 6) is 0. The summed E-state index contributed by atoms with van der Waals surface area (Å²) in [6, 6.07) is 2.11. The van der Waals surface area contributed by atoms with Crippen LogP contribution < -0.4 is 4.90 Å². The maximum atomic E-state index is 6.05. The van der Waals surface area contributed by atoms with Crippen LogP contribution in [0.5, 0.6) is 0 Å². The van der Waals surface area contributed by atoms with Crippen molar-refractivity contribution in [3.8, 4) is 0 Å². The number of hydrogen-bond donors (Lipinski definition) is 0. The molecule has 1 aliphatic rings. The molecule has 0 unspecified atom stereocenters. The lowest BCUT2D eigenvalue weighted by Crippen LogP contribution is -2.19. The summed E-state index contributed by atoms with van der Waals surface area (Å²) in [4.78, 5) is 3.35. The van der Waals surface area contributed by atoms with Gasteiger partial charge in [-0.1, -0.05) is 11.6 Å². The highest BCUT2D eigenvalue weighted by Gasteiger charge is 2.17. The van der Waals surface area contributed by atoms with Gasteiger partial charge in [-0.05, 0) is 28.1 Å². The number of hydrogen-bond acceptors (Lipinski definition) is 2. The van der Waals surface area contributed by atoms with E-state index < -0.39 is 0 Å². The van der Waals surface area contributed by atoms with Crippen molar-refractivity contribution in [1.29, 1.82) is 0 Å². The summed E-state index contributed by atoms with van der Waals surface area (Å²) in [6.45, 7) is 0.898. The van der Waals surface area contributed by atoms with Crippen molar-refractivity contribution in [3.63, 3.8) is 0 Å². The Kier molecular flexibility index (Phi) is 2.19. The van der Waals surface area contributed by atoms with Crippen molar-refractivity contribution in [2.24, 2.45) is 0 Å². The fourth-order valence-electron chi connectivity index (χ4n) is 1.22. The van der Waals surface area contributed by atoms with Gasteiger partial charge in [0.15, 0.2) is 0 Å². The van der Waals surface area contributed by atoms with E-state index in [1.807, 2.05) is 6.08 Å². The predicted octanol–water partition coefficient (Wildman–Crippen LogP) is 3.54. The van der Waals surface area contributed by atoms with Gasteiger partial charge in [0.1, 0.15) is 0 Å². The van der Waals surface area contributed by atoms with E-state index in [4.69, 9.17) is 11.6 Å². The Hall–Kier alpha value is 0.01000. The van der Waals surface area contributed by atoms with E-state index in [9.17, 15) is 0 Å². The molecule has 0 saturated heterocycles. The van der Waals surface area contributed by atoms with Crippen molar-refractivity contribution in [1.82, 2.24) is 0 Å². The van der Waals surface area contributed by atoms with Crippen LogP contribution in [0.4, 0.5) is 5.69 Å². The monoisotopic (exact) mass is 263 g/mol. The molecular formula is C8H7BrClNS. The Labute approximate surface area is 88.8 Å². The Morgan fingerprint density at radius 1 is 1.67 bits per heavy atom. The molecule has 0 atom stereocenters. The lowest BCUT2D eigenvalue weighted by Gasteiger charge is -2.21. The second-order valence-electron chi connectivity index (χ2n) is 2.70. The third kappa shape index (κ3) is 1.30. The lowest BCUT2D eigenvalue weighted by atomic mass is 10.2. The summed E-state index contributed by atoms with van der Waals surface area (Å²) < 4.78 is 1.13. The number of anilines is 1. The van der Waals surface area contributed by atoms with Gasteiger partial charge in [-0.3, -0.25) is 0 Å². The van der Waals surface area contributed by atoms with Gasteiger partial charge in [0.2, 0.25) is 0 Å². The minimum absolute atomic E-state index is 0.874. The van der Waals surface area contributed by atoms with E-state index in [1.54, 1.807) is 11.3 Å². The van der Waals surface area contributed by atoms with Gasteiger partial charge in [0.05, 0.1) is 19.4 Å². The summed E-state index contributed by atoms with van der Waals surface area (Å²) in [7, 11) is 2.07. The summed E-state index contributed by atoms with van der Waals surface area (Å²) in [5.41, 5.74) is 1.22. The Morgan fingerprint density at radius 3 is 3.08 bits per heavy atom. The van der Waals surface area contributed by atoms with Gasteiger partial charge in [-0.15, -0.1) is 11.3 Å². The zero-order chi connectivity index (χ0) is 8.72. The quantitative estimate of drug-likeness (QED) is 0.693. The molecule has 1 nitrogen and oxygen atoms in total. The van der Waals surface area contributed by atoms with E-state index in [2.05, 4.69) is 33.9 Å². The van der Waals surface area contributed by atoms with E-state index in [-0.39, 0.29) is 0 Å².